The van der Waals surface area contributed by atoms with E-state index in [1.165, 1.54) is 12.8 Å². The number of hydrogen-bond donors (Lipinski definition) is 2. The average molecular weight is 288 g/mol. The molecule has 0 aliphatic heterocycles. The Morgan fingerprint density at radius 1 is 1.48 bits per heavy atom. The molecule has 0 aromatic heterocycles. The minimum absolute atomic E-state index is 0.297. The molecule has 1 fully saturated rings. The van der Waals surface area contributed by atoms with Gasteiger partial charge in [0.05, 0.1) is 30.4 Å². The molecule has 0 radical (unpaired) electrons. The van der Waals surface area contributed by atoms with E-state index in [4.69, 9.17) is 10.00 Å². The Bertz CT molecular complexity index is 484. The maximum Gasteiger partial charge on any atom is 0.0992 e. The van der Waals surface area contributed by atoms with Crippen LogP contribution in [-0.2, 0) is 4.74 Å². The highest BCUT2D eigenvalue weighted by Gasteiger charge is 2.20. The van der Waals surface area contributed by atoms with Crippen molar-refractivity contribution in [3.63, 3.8) is 0 Å². The Morgan fingerprint density at radius 3 is 3.10 bits per heavy atom. The van der Waals surface area contributed by atoms with Crippen LogP contribution in [0.3, 0.4) is 0 Å². The van der Waals surface area contributed by atoms with E-state index in [0.717, 1.165) is 24.4 Å². The average Bonchev–Trinajstić information content (AvgIpc) is 2.51. The van der Waals surface area contributed by atoms with Crippen LogP contribution in [0.4, 0.5) is 5.69 Å². The molecule has 0 spiro atoms. The zero-order valence-electron chi connectivity index (χ0n) is 12.6. The van der Waals surface area contributed by atoms with Gasteiger partial charge in [-0.25, -0.2) is 0 Å². The standard InChI is InChI=1S/C17H24N2O2/c1-13-4-2-7-17(8-13)21-12-16(20)11-19-15-6-3-5-14(9-15)10-18/h3,5-6,9,13,16-17,19-20H,2,4,7-8,11-12H2,1H3. The summed E-state index contributed by atoms with van der Waals surface area (Å²) in [7, 11) is 0. The monoisotopic (exact) mass is 288 g/mol. The summed E-state index contributed by atoms with van der Waals surface area (Å²) in [5.41, 5.74) is 1.46. The second-order valence-corrected chi connectivity index (χ2v) is 5.95. The highest BCUT2D eigenvalue weighted by Crippen LogP contribution is 2.25. The summed E-state index contributed by atoms with van der Waals surface area (Å²) in [6.45, 7) is 3.05. The predicted molar refractivity (Wildman–Crippen MR) is 83.0 cm³/mol. The number of aliphatic hydroxyl groups is 1. The number of nitrogens with one attached hydrogen (secondary N) is 1. The van der Waals surface area contributed by atoms with Gasteiger partial charge in [-0.05, 0) is 37.0 Å². The molecular weight excluding hydrogens is 264 g/mol. The molecule has 4 heteroatoms. The van der Waals surface area contributed by atoms with Crippen molar-refractivity contribution >= 4 is 5.69 Å². The van der Waals surface area contributed by atoms with Crippen molar-refractivity contribution < 1.29 is 9.84 Å². The number of ether oxygens (including phenoxy) is 1. The number of aliphatic hydroxyl groups excluding tert-OH is 1. The van der Waals surface area contributed by atoms with Crippen LogP contribution in [0, 0.1) is 17.2 Å². The topological polar surface area (TPSA) is 65.3 Å². The highest BCUT2D eigenvalue weighted by molar-refractivity contribution is 5.49. The van der Waals surface area contributed by atoms with Crippen LogP contribution < -0.4 is 5.32 Å². The van der Waals surface area contributed by atoms with E-state index in [2.05, 4.69) is 18.3 Å². The van der Waals surface area contributed by atoms with Crippen LogP contribution in [0.2, 0.25) is 0 Å². The molecule has 3 atom stereocenters. The number of hydrogen-bond acceptors (Lipinski definition) is 4. The molecule has 0 bridgehead atoms. The minimum Gasteiger partial charge on any atom is -0.389 e. The SMILES string of the molecule is CC1CCCC(OCC(O)CNc2cccc(C#N)c2)C1. The molecule has 4 nitrogen and oxygen atoms in total. The van der Waals surface area contributed by atoms with E-state index in [1.54, 1.807) is 12.1 Å². The summed E-state index contributed by atoms with van der Waals surface area (Å²) in [4.78, 5) is 0. The maximum absolute atomic E-state index is 9.98. The van der Waals surface area contributed by atoms with E-state index in [9.17, 15) is 5.11 Å². The largest absolute Gasteiger partial charge is 0.389 e. The number of nitrogens with zero attached hydrogens (tertiary/aromatic N) is 1. The lowest BCUT2D eigenvalue weighted by molar-refractivity contribution is -0.0274. The smallest absolute Gasteiger partial charge is 0.0992 e. The molecule has 3 unspecified atom stereocenters. The summed E-state index contributed by atoms with van der Waals surface area (Å²) >= 11 is 0. The second-order valence-electron chi connectivity index (χ2n) is 5.95. The van der Waals surface area contributed by atoms with Crippen molar-refractivity contribution in [1.29, 1.82) is 5.26 Å². The first-order valence-electron chi connectivity index (χ1n) is 7.71. The van der Waals surface area contributed by atoms with E-state index in [1.807, 2.05) is 12.1 Å². The zero-order chi connectivity index (χ0) is 15.1. The highest BCUT2D eigenvalue weighted by atomic mass is 16.5. The summed E-state index contributed by atoms with van der Waals surface area (Å²) in [5.74, 6) is 0.729. The van der Waals surface area contributed by atoms with Crippen molar-refractivity contribution in [3.05, 3.63) is 29.8 Å². The van der Waals surface area contributed by atoms with Crippen LogP contribution >= 0.6 is 0 Å². The first-order valence-corrected chi connectivity index (χ1v) is 7.71. The maximum atomic E-state index is 9.98. The van der Waals surface area contributed by atoms with Gasteiger partial charge in [-0.15, -0.1) is 0 Å². The van der Waals surface area contributed by atoms with Gasteiger partial charge in [-0.1, -0.05) is 25.8 Å². The summed E-state index contributed by atoms with van der Waals surface area (Å²) in [6.07, 6.45) is 4.48. The van der Waals surface area contributed by atoms with Crippen molar-refractivity contribution in [2.24, 2.45) is 5.92 Å². The molecule has 0 heterocycles. The molecule has 1 aromatic rings. The summed E-state index contributed by atoms with van der Waals surface area (Å²) in [5, 5.41) is 22.0. The third kappa shape index (κ3) is 5.37. The van der Waals surface area contributed by atoms with Crippen molar-refractivity contribution in [2.75, 3.05) is 18.5 Å². The van der Waals surface area contributed by atoms with Gasteiger partial charge in [0.15, 0.2) is 0 Å². The quantitative estimate of drug-likeness (QED) is 0.844. The van der Waals surface area contributed by atoms with Crippen LogP contribution in [-0.4, -0.2) is 30.5 Å². The van der Waals surface area contributed by atoms with Gasteiger partial charge < -0.3 is 15.2 Å². The summed E-state index contributed by atoms with van der Waals surface area (Å²) < 4.78 is 5.81. The Hall–Kier alpha value is -1.57. The molecule has 1 saturated carbocycles. The lowest BCUT2D eigenvalue weighted by atomic mass is 9.89. The van der Waals surface area contributed by atoms with E-state index >= 15 is 0 Å². The van der Waals surface area contributed by atoms with Gasteiger partial charge >= 0.3 is 0 Å². The normalized spacial score (nSPS) is 23.3. The number of anilines is 1. The number of nitriles is 1. The molecule has 114 valence electrons. The zero-order valence-corrected chi connectivity index (χ0v) is 12.6. The molecule has 1 aliphatic carbocycles. The fourth-order valence-electron chi connectivity index (χ4n) is 2.77. The molecule has 0 amide bonds. The van der Waals surface area contributed by atoms with E-state index < -0.39 is 6.10 Å². The van der Waals surface area contributed by atoms with Crippen LogP contribution in [0.5, 0.6) is 0 Å². The van der Waals surface area contributed by atoms with Crippen LogP contribution in [0.25, 0.3) is 0 Å². The Balaban J connectivity index is 1.69. The van der Waals surface area contributed by atoms with Gasteiger partial charge in [0, 0.05) is 12.2 Å². The molecule has 21 heavy (non-hydrogen) atoms. The summed E-state index contributed by atoms with van der Waals surface area (Å²) in [6, 6.07) is 9.35. The number of rotatable bonds is 6. The first kappa shape index (κ1) is 15.8. The van der Waals surface area contributed by atoms with Crippen LogP contribution in [0.15, 0.2) is 24.3 Å². The van der Waals surface area contributed by atoms with Gasteiger partial charge in [0.2, 0.25) is 0 Å². The Labute approximate surface area is 126 Å². The van der Waals surface area contributed by atoms with Crippen molar-refractivity contribution in [3.8, 4) is 6.07 Å². The van der Waals surface area contributed by atoms with E-state index in [0.29, 0.717) is 24.8 Å². The lowest BCUT2D eigenvalue weighted by Gasteiger charge is -2.27. The van der Waals surface area contributed by atoms with Crippen molar-refractivity contribution in [2.45, 2.75) is 44.8 Å². The Kier molecular flexibility index (Phi) is 6.04. The van der Waals surface area contributed by atoms with Gasteiger partial charge in [0.25, 0.3) is 0 Å². The third-order valence-electron chi connectivity index (χ3n) is 3.95. The first-order chi connectivity index (χ1) is 10.2. The minimum atomic E-state index is -0.534. The molecule has 2 rings (SSSR count). The second kappa shape index (κ2) is 8.02. The number of benzene rings is 1. The molecule has 1 aliphatic rings. The molecule has 0 saturated heterocycles. The predicted octanol–water partition coefficient (Wildman–Crippen LogP) is 2.93. The Morgan fingerprint density at radius 2 is 2.33 bits per heavy atom. The molecular formula is C17H24N2O2. The lowest BCUT2D eigenvalue weighted by Crippen LogP contribution is -2.30. The van der Waals surface area contributed by atoms with Gasteiger partial charge in [-0.3, -0.25) is 0 Å². The third-order valence-corrected chi connectivity index (χ3v) is 3.95. The molecule has 1 aromatic carbocycles. The van der Waals surface area contributed by atoms with E-state index in [-0.39, 0.29) is 0 Å². The van der Waals surface area contributed by atoms with Crippen molar-refractivity contribution in [1.82, 2.24) is 0 Å². The molecule has 2 N–H and O–H groups in total. The fourth-order valence-corrected chi connectivity index (χ4v) is 2.77. The fraction of sp³-hybridized carbons (Fsp3) is 0.588. The van der Waals surface area contributed by atoms with Gasteiger partial charge in [-0.2, -0.15) is 5.26 Å². The van der Waals surface area contributed by atoms with Gasteiger partial charge in [0.1, 0.15) is 0 Å². The van der Waals surface area contributed by atoms with Crippen LogP contribution in [0.1, 0.15) is 38.2 Å².